The molecular weight excluding hydrogens is 359 g/mol. The zero-order chi connectivity index (χ0) is 20.0. The molecule has 0 saturated carbocycles. The van der Waals surface area contributed by atoms with Gasteiger partial charge in [-0.1, -0.05) is 48.5 Å². The summed E-state index contributed by atoms with van der Waals surface area (Å²) < 4.78 is 38.6. The number of halogens is 3. The summed E-state index contributed by atoms with van der Waals surface area (Å²) in [6.45, 7) is 1.42. The van der Waals surface area contributed by atoms with Gasteiger partial charge in [-0.05, 0) is 24.1 Å². The fraction of sp³-hybridized carbons (Fsp3) is 0.200. The number of carboxylic acid groups (broad SMARTS) is 1. The zero-order valence-electron chi connectivity index (χ0n) is 14.5. The fourth-order valence-corrected chi connectivity index (χ4v) is 2.36. The molecule has 0 radical (unpaired) electrons. The highest BCUT2D eigenvalue weighted by Gasteiger charge is 2.30. The maximum absolute atomic E-state index is 12.9. The van der Waals surface area contributed by atoms with Crippen LogP contribution in [0.3, 0.4) is 0 Å². The first-order chi connectivity index (χ1) is 12.7. The quantitative estimate of drug-likeness (QED) is 0.718. The molecule has 0 aliphatic carbocycles. The van der Waals surface area contributed by atoms with Gasteiger partial charge in [0.1, 0.15) is 6.04 Å². The second-order valence-electron chi connectivity index (χ2n) is 5.95. The summed E-state index contributed by atoms with van der Waals surface area (Å²) in [7, 11) is 0. The summed E-state index contributed by atoms with van der Waals surface area (Å²) >= 11 is 0. The average Bonchev–Trinajstić information content (AvgIpc) is 2.62. The summed E-state index contributed by atoms with van der Waals surface area (Å²) in [4.78, 5) is 23.7. The molecule has 7 heteroatoms. The Morgan fingerprint density at radius 1 is 1.11 bits per heavy atom. The molecular formula is C20H18F3NO3. The summed E-state index contributed by atoms with van der Waals surface area (Å²) in [5, 5.41) is 11.6. The van der Waals surface area contributed by atoms with E-state index < -0.39 is 29.5 Å². The van der Waals surface area contributed by atoms with Crippen LogP contribution in [0.5, 0.6) is 0 Å². The highest BCUT2D eigenvalue weighted by molar-refractivity contribution is 6.21. The molecule has 0 bridgehead atoms. The molecule has 27 heavy (non-hydrogen) atoms. The van der Waals surface area contributed by atoms with Crippen LogP contribution < -0.4 is 5.32 Å². The van der Waals surface area contributed by atoms with Crippen LogP contribution in [0.2, 0.25) is 0 Å². The smallest absolute Gasteiger partial charge is 0.416 e. The monoisotopic (exact) mass is 377 g/mol. The highest BCUT2D eigenvalue weighted by Crippen LogP contribution is 2.30. The molecule has 0 amide bonds. The first-order valence-electron chi connectivity index (χ1n) is 8.12. The number of allylic oxidation sites excluding steroid dienone is 1. The Bertz CT molecular complexity index is 845. The Morgan fingerprint density at radius 3 is 2.37 bits per heavy atom. The van der Waals surface area contributed by atoms with Crippen LogP contribution >= 0.6 is 0 Å². The van der Waals surface area contributed by atoms with Crippen molar-refractivity contribution in [2.24, 2.45) is 0 Å². The molecule has 2 aromatic rings. The van der Waals surface area contributed by atoms with E-state index in [0.29, 0.717) is 5.56 Å². The average molecular weight is 377 g/mol. The number of hydrogen-bond donors (Lipinski definition) is 2. The Balaban J connectivity index is 2.29. The predicted octanol–water partition coefficient (Wildman–Crippen LogP) is 3.92. The molecule has 2 rings (SSSR count). The molecule has 1 atom stereocenters. The van der Waals surface area contributed by atoms with Gasteiger partial charge in [0.05, 0.1) is 5.56 Å². The second-order valence-corrected chi connectivity index (χ2v) is 5.95. The number of nitrogens with one attached hydrogen (secondary N) is 1. The lowest BCUT2D eigenvalue weighted by molar-refractivity contribution is -0.139. The summed E-state index contributed by atoms with van der Waals surface area (Å²) in [5.74, 6) is -1.52. The summed E-state index contributed by atoms with van der Waals surface area (Å²) in [6.07, 6.45) is -3.44. The minimum atomic E-state index is -4.49. The number of alkyl halides is 3. The lowest BCUT2D eigenvalue weighted by atomic mass is 9.97. The number of hydrogen-bond acceptors (Lipinski definition) is 3. The van der Waals surface area contributed by atoms with Crippen LogP contribution in [-0.2, 0) is 22.2 Å². The molecule has 1 unspecified atom stereocenters. The topological polar surface area (TPSA) is 66.4 Å². The van der Waals surface area contributed by atoms with Crippen molar-refractivity contribution in [2.45, 2.75) is 25.6 Å². The molecule has 2 aromatic carbocycles. The van der Waals surface area contributed by atoms with Crippen LogP contribution in [0.25, 0.3) is 5.57 Å². The molecule has 4 nitrogen and oxygen atoms in total. The van der Waals surface area contributed by atoms with Gasteiger partial charge in [0, 0.05) is 18.2 Å². The van der Waals surface area contributed by atoms with Gasteiger partial charge in [-0.3, -0.25) is 9.59 Å². The van der Waals surface area contributed by atoms with Crippen molar-refractivity contribution in [1.29, 1.82) is 0 Å². The Kier molecular flexibility index (Phi) is 6.39. The van der Waals surface area contributed by atoms with Gasteiger partial charge in [0.15, 0.2) is 5.78 Å². The van der Waals surface area contributed by atoms with E-state index in [4.69, 9.17) is 5.11 Å². The van der Waals surface area contributed by atoms with Gasteiger partial charge in [0.2, 0.25) is 0 Å². The van der Waals surface area contributed by atoms with E-state index in [0.717, 1.165) is 12.1 Å². The molecule has 0 heterocycles. The first-order valence-corrected chi connectivity index (χ1v) is 8.12. The molecule has 0 spiro atoms. The van der Waals surface area contributed by atoms with Crippen LogP contribution in [0.4, 0.5) is 13.2 Å². The molecule has 0 saturated heterocycles. The Hall–Kier alpha value is -3.09. The maximum Gasteiger partial charge on any atom is 0.416 e. The molecule has 142 valence electrons. The Morgan fingerprint density at radius 2 is 1.78 bits per heavy atom. The van der Waals surface area contributed by atoms with Gasteiger partial charge in [-0.15, -0.1) is 0 Å². The molecule has 2 N–H and O–H groups in total. The van der Waals surface area contributed by atoms with E-state index in [9.17, 15) is 22.8 Å². The highest BCUT2D eigenvalue weighted by atomic mass is 19.4. The number of carboxylic acids is 1. The number of Topliss-reactive ketones (excluding diaryl/α,β-unsaturated/α-hetero) is 1. The second kappa shape index (κ2) is 8.53. The fourth-order valence-electron chi connectivity index (χ4n) is 2.36. The third-order valence-corrected chi connectivity index (χ3v) is 3.85. The SMILES string of the molecule is CC(NC=C(C(=O)Cc1cccc(C(F)(F)F)c1)c1ccccc1)C(=O)O. The number of benzene rings is 2. The van der Waals surface area contributed by atoms with Crippen LogP contribution in [0.15, 0.2) is 60.8 Å². The van der Waals surface area contributed by atoms with Gasteiger partial charge in [-0.25, -0.2) is 0 Å². The van der Waals surface area contributed by atoms with E-state index in [2.05, 4.69) is 5.32 Å². The number of carbonyl (C=O) groups excluding carboxylic acids is 1. The number of rotatable bonds is 7. The standard InChI is InChI=1S/C20H18F3NO3/c1-13(19(26)27)24-12-17(15-7-3-2-4-8-15)18(25)11-14-6-5-9-16(10-14)20(21,22)23/h2-10,12-13,24H,11H2,1H3,(H,26,27). The van der Waals surface area contributed by atoms with Crippen molar-refractivity contribution in [3.63, 3.8) is 0 Å². The number of aliphatic carboxylic acids is 1. The largest absolute Gasteiger partial charge is 0.480 e. The summed E-state index contributed by atoms with van der Waals surface area (Å²) in [6, 6.07) is 12.2. The number of ketones is 1. The van der Waals surface area contributed by atoms with Crippen LogP contribution in [0, 0.1) is 0 Å². The minimum Gasteiger partial charge on any atom is -0.480 e. The maximum atomic E-state index is 12.9. The molecule has 0 aliphatic heterocycles. The normalized spacial score (nSPS) is 13.1. The van der Waals surface area contributed by atoms with Gasteiger partial charge >= 0.3 is 12.1 Å². The molecule has 0 aromatic heterocycles. The lowest BCUT2D eigenvalue weighted by Gasteiger charge is -2.12. The van der Waals surface area contributed by atoms with Crippen LogP contribution in [0.1, 0.15) is 23.6 Å². The van der Waals surface area contributed by atoms with Gasteiger partial charge < -0.3 is 10.4 Å². The van der Waals surface area contributed by atoms with Gasteiger partial charge in [-0.2, -0.15) is 13.2 Å². The predicted molar refractivity (Wildman–Crippen MR) is 94.8 cm³/mol. The van der Waals surface area contributed by atoms with Crippen molar-refractivity contribution in [1.82, 2.24) is 5.32 Å². The lowest BCUT2D eigenvalue weighted by Crippen LogP contribution is -2.30. The van der Waals surface area contributed by atoms with E-state index in [1.54, 1.807) is 30.3 Å². The van der Waals surface area contributed by atoms with Crippen molar-refractivity contribution < 1.29 is 27.9 Å². The van der Waals surface area contributed by atoms with Gasteiger partial charge in [0.25, 0.3) is 0 Å². The van der Waals surface area contributed by atoms with Crippen molar-refractivity contribution in [2.75, 3.05) is 0 Å². The van der Waals surface area contributed by atoms with E-state index in [1.807, 2.05) is 0 Å². The first kappa shape index (κ1) is 20.2. The molecule has 0 fully saturated rings. The Labute approximate surface area is 154 Å². The van der Waals surface area contributed by atoms with Crippen molar-refractivity contribution in [3.05, 3.63) is 77.5 Å². The summed E-state index contributed by atoms with van der Waals surface area (Å²) in [5.41, 5.74) is 0.138. The third kappa shape index (κ3) is 5.70. The van der Waals surface area contributed by atoms with E-state index >= 15 is 0 Å². The number of carbonyl (C=O) groups is 2. The third-order valence-electron chi connectivity index (χ3n) is 3.85. The van der Waals surface area contributed by atoms with E-state index in [1.165, 1.54) is 25.3 Å². The molecule has 0 aliphatic rings. The zero-order valence-corrected chi connectivity index (χ0v) is 14.5. The van der Waals surface area contributed by atoms with Crippen molar-refractivity contribution >= 4 is 17.3 Å². The van der Waals surface area contributed by atoms with Crippen molar-refractivity contribution in [3.8, 4) is 0 Å². The van der Waals surface area contributed by atoms with E-state index in [-0.39, 0.29) is 17.6 Å². The van der Waals surface area contributed by atoms with Crippen LogP contribution in [-0.4, -0.2) is 22.9 Å². The minimum absolute atomic E-state index is 0.195.